The molecule has 3 aromatic rings. The molecule has 2 atom stereocenters. The molecule has 1 fully saturated rings. The summed E-state index contributed by atoms with van der Waals surface area (Å²) in [6.45, 7) is 12.6. The zero-order valence-electron chi connectivity index (χ0n) is 26.0. The number of benzene rings is 3. The van der Waals surface area contributed by atoms with Crippen molar-refractivity contribution in [3.63, 3.8) is 0 Å². The van der Waals surface area contributed by atoms with Crippen LogP contribution in [-0.4, -0.2) is 18.3 Å². The molecule has 0 aromatic heterocycles. The number of ether oxygens (including phenoxy) is 3. The highest BCUT2D eigenvalue weighted by Crippen LogP contribution is 2.45. The number of nitrogens with one attached hydrogen (secondary N) is 1. The van der Waals surface area contributed by atoms with Gasteiger partial charge in [0.05, 0.1) is 6.61 Å². The van der Waals surface area contributed by atoms with Crippen LogP contribution in [0.15, 0.2) is 66.7 Å². The van der Waals surface area contributed by atoms with Gasteiger partial charge in [0.25, 0.3) is 0 Å². The quantitative estimate of drug-likeness (QED) is 0.262. The first-order valence-electron chi connectivity index (χ1n) is 15.7. The summed E-state index contributed by atoms with van der Waals surface area (Å²) < 4.78 is 33.3. The van der Waals surface area contributed by atoms with E-state index in [-0.39, 0.29) is 23.4 Å². The monoisotopic (exact) mass is 573 g/mol. The average Bonchev–Trinajstić information content (AvgIpc) is 2.96. The fourth-order valence-corrected chi connectivity index (χ4v) is 6.24. The number of rotatable bonds is 10. The van der Waals surface area contributed by atoms with Crippen LogP contribution in [0.25, 0.3) is 0 Å². The molecule has 0 saturated heterocycles. The van der Waals surface area contributed by atoms with Crippen molar-refractivity contribution in [2.24, 2.45) is 5.92 Å². The summed E-state index contributed by atoms with van der Waals surface area (Å²) in [6, 6.07) is 21.6. The summed E-state index contributed by atoms with van der Waals surface area (Å²) in [4.78, 5) is 0. The van der Waals surface area contributed by atoms with E-state index >= 15 is 0 Å². The number of fused-ring (bicyclic) bond motifs is 1. The molecular weight excluding hydrogens is 525 g/mol. The van der Waals surface area contributed by atoms with E-state index in [0.29, 0.717) is 13.2 Å². The topological polar surface area (TPSA) is 39.7 Å². The third-order valence-corrected chi connectivity index (χ3v) is 8.86. The van der Waals surface area contributed by atoms with Crippen molar-refractivity contribution >= 4 is 5.69 Å². The first-order valence-corrected chi connectivity index (χ1v) is 15.7. The van der Waals surface area contributed by atoms with Crippen LogP contribution in [0.2, 0.25) is 0 Å². The summed E-state index contributed by atoms with van der Waals surface area (Å²) in [6.07, 6.45) is 7.07. The van der Waals surface area contributed by atoms with Crippen LogP contribution < -0.4 is 10.1 Å². The molecule has 0 amide bonds. The van der Waals surface area contributed by atoms with E-state index in [1.807, 2.05) is 0 Å². The van der Waals surface area contributed by atoms with Gasteiger partial charge in [0.2, 0.25) is 0 Å². The van der Waals surface area contributed by atoms with Crippen LogP contribution in [0.1, 0.15) is 102 Å². The molecule has 1 heterocycles. The maximum Gasteiger partial charge on any atom is 0.132 e. The Kier molecular flexibility index (Phi) is 9.59. The summed E-state index contributed by atoms with van der Waals surface area (Å²) in [5.74, 6) is 1.33. The zero-order valence-corrected chi connectivity index (χ0v) is 26.0. The van der Waals surface area contributed by atoms with E-state index in [4.69, 9.17) is 14.2 Å². The van der Waals surface area contributed by atoms with Gasteiger partial charge in [-0.2, -0.15) is 0 Å². The summed E-state index contributed by atoms with van der Waals surface area (Å²) in [5, 5.41) is 3.61. The van der Waals surface area contributed by atoms with Gasteiger partial charge < -0.3 is 19.5 Å². The second-order valence-electron chi connectivity index (χ2n) is 13.7. The van der Waals surface area contributed by atoms with Gasteiger partial charge in [0, 0.05) is 24.4 Å². The Morgan fingerprint density at radius 1 is 0.881 bits per heavy atom. The average molecular weight is 574 g/mol. The molecule has 4 nitrogen and oxygen atoms in total. The predicted octanol–water partition coefficient (Wildman–Crippen LogP) is 9.52. The van der Waals surface area contributed by atoms with Gasteiger partial charge in [-0.05, 0) is 78.6 Å². The molecule has 2 unspecified atom stereocenters. The van der Waals surface area contributed by atoms with Gasteiger partial charge in [-0.3, -0.25) is 0 Å². The van der Waals surface area contributed by atoms with Gasteiger partial charge in [-0.15, -0.1) is 0 Å². The first-order chi connectivity index (χ1) is 20.1. The van der Waals surface area contributed by atoms with Crippen LogP contribution in [0, 0.1) is 11.7 Å². The number of anilines is 1. The first kappa shape index (κ1) is 30.6. The summed E-state index contributed by atoms with van der Waals surface area (Å²) in [5.41, 5.74) is 5.06. The van der Waals surface area contributed by atoms with Crippen molar-refractivity contribution in [1.82, 2.24) is 0 Å². The van der Waals surface area contributed by atoms with Crippen LogP contribution in [-0.2, 0) is 28.0 Å². The van der Waals surface area contributed by atoms with E-state index in [1.165, 1.54) is 55.4 Å². The van der Waals surface area contributed by atoms with E-state index in [1.54, 1.807) is 12.1 Å². The van der Waals surface area contributed by atoms with Crippen molar-refractivity contribution < 1.29 is 18.6 Å². The fraction of sp³-hybridized carbons (Fsp3) is 0.514. The third kappa shape index (κ3) is 7.73. The van der Waals surface area contributed by atoms with Crippen molar-refractivity contribution in [2.75, 3.05) is 11.9 Å². The number of halogens is 1. The highest BCUT2D eigenvalue weighted by atomic mass is 19.1. The Hall–Kier alpha value is -2.89. The second kappa shape index (κ2) is 13.2. The van der Waals surface area contributed by atoms with Gasteiger partial charge in [-0.25, -0.2) is 4.39 Å². The lowest BCUT2D eigenvalue weighted by molar-refractivity contribution is -0.168. The SMILES string of the molecule is CC(C)(C)c1ccc(CNc2ccc3c(c2)C(OCCC2CCCCC2)C(OCc2ccc(F)cc2)C(C)(C)O3)cc1. The van der Waals surface area contributed by atoms with E-state index in [9.17, 15) is 4.39 Å². The Morgan fingerprint density at radius 2 is 1.57 bits per heavy atom. The van der Waals surface area contributed by atoms with E-state index < -0.39 is 5.60 Å². The lowest BCUT2D eigenvalue weighted by atomic mass is 9.86. The molecule has 1 N–H and O–H groups in total. The molecule has 226 valence electrons. The lowest BCUT2D eigenvalue weighted by Gasteiger charge is -2.44. The van der Waals surface area contributed by atoms with Crippen molar-refractivity contribution in [3.8, 4) is 5.75 Å². The fourth-order valence-electron chi connectivity index (χ4n) is 6.24. The predicted molar refractivity (Wildman–Crippen MR) is 168 cm³/mol. The van der Waals surface area contributed by atoms with Crippen molar-refractivity contribution in [1.29, 1.82) is 0 Å². The maximum absolute atomic E-state index is 13.5. The Labute approximate surface area is 252 Å². The van der Waals surface area contributed by atoms with Crippen LogP contribution >= 0.6 is 0 Å². The minimum absolute atomic E-state index is 0.138. The third-order valence-electron chi connectivity index (χ3n) is 8.86. The lowest BCUT2D eigenvalue weighted by Crippen LogP contribution is -2.51. The van der Waals surface area contributed by atoms with Gasteiger partial charge >= 0.3 is 0 Å². The largest absolute Gasteiger partial charge is 0.485 e. The van der Waals surface area contributed by atoms with Crippen molar-refractivity contribution in [3.05, 3.63) is 94.8 Å². The molecule has 1 aliphatic heterocycles. The molecule has 0 bridgehead atoms. The molecule has 42 heavy (non-hydrogen) atoms. The zero-order chi connectivity index (χ0) is 29.7. The minimum Gasteiger partial charge on any atom is -0.485 e. The minimum atomic E-state index is -0.605. The summed E-state index contributed by atoms with van der Waals surface area (Å²) >= 11 is 0. The van der Waals surface area contributed by atoms with Crippen LogP contribution in [0.3, 0.4) is 0 Å². The van der Waals surface area contributed by atoms with Gasteiger partial charge in [0.1, 0.15) is 29.4 Å². The van der Waals surface area contributed by atoms with Gasteiger partial charge in [-0.1, -0.05) is 89.3 Å². The standard InChI is InChI=1S/C37H48FNO3/c1-36(2,3)29-15-11-27(12-16-29)24-39-31-19-20-33-32(23-31)34(40-22-21-26-9-7-6-8-10-26)35(37(4,5)42-33)41-25-28-13-17-30(38)18-14-28/h11-20,23,26,34-35,39H,6-10,21-22,24-25H2,1-5H3. The summed E-state index contributed by atoms with van der Waals surface area (Å²) in [7, 11) is 0. The number of hydrogen-bond donors (Lipinski definition) is 1. The van der Waals surface area contributed by atoms with Crippen LogP contribution in [0.5, 0.6) is 5.75 Å². The molecule has 0 radical (unpaired) electrons. The normalized spacial score (nSPS) is 20.5. The molecule has 3 aromatic carbocycles. The highest BCUT2D eigenvalue weighted by molar-refractivity contribution is 5.54. The molecule has 5 rings (SSSR count). The Bertz CT molecular complexity index is 1290. The maximum atomic E-state index is 13.5. The van der Waals surface area contributed by atoms with Gasteiger partial charge in [0.15, 0.2) is 0 Å². The van der Waals surface area contributed by atoms with E-state index in [2.05, 4.69) is 82.4 Å². The van der Waals surface area contributed by atoms with Crippen molar-refractivity contribution in [2.45, 2.75) is 110 Å². The van der Waals surface area contributed by atoms with Crippen LogP contribution in [0.4, 0.5) is 10.1 Å². The van der Waals surface area contributed by atoms with E-state index in [0.717, 1.165) is 41.4 Å². The molecule has 1 aliphatic carbocycles. The highest BCUT2D eigenvalue weighted by Gasteiger charge is 2.45. The Balaban J connectivity index is 1.34. The molecule has 5 heteroatoms. The Morgan fingerprint density at radius 3 is 2.26 bits per heavy atom. The number of hydrogen-bond acceptors (Lipinski definition) is 4. The second-order valence-corrected chi connectivity index (χ2v) is 13.7. The molecular formula is C37H48FNO3. The smallest absolute Gasteiger partial charge is 0.132 e. The molecule has 2 aliphatic rings. The molecule has 0 spiro atoms. The molecule has 1 saturated carbocycles.